The predicted octanol–water partition coefficient (Wildman–Crippen LogP) is 7.56. The van der Waals surface area contributed by atoms with E-state index in [9.17, 15) is 8.78 Å². The largest absolute Gasteiger partial charge is 0.216 e. The van der Waals surface area contributed by atoms with E-state index in [4.69, 9.17) is 0 Å². The van der Waals surface area contributed by atoms with Crippen LogP contribution >= 0.6 is 0 Å². The van der Waals surface area contributed by atoms with E-state index in [1.165, 1.54) is 69.8 Å². The molecule has 2 aliphatic carbocycles. The van der Waals surface area contributed by atoms with Gasteiger partial charge in [-0.3, -0.25) is 0 Å². The van der Waals surface area contributed by atoms with Crippen LogP contribution in [0.4, 0.5) is 8.78 Å². The van der Waals surface area contributed by atoms with Gasteiger partial charge in [0.05, 0.1) is 6.33 Å². The van der Waals surface area contributed by atoms with E-state index >= 15 is 0 Å². The first-order chi connectivity index (χ1) is 12.2. The molecule has 1 aromatic carbocycles. The number of hydrogen-bond acceptors (Lipinski definition) is 0. The second kappa shape index (κ2) is 9.50. The minimum atomic E-state index is -0.132. The van der Waals surface area contributed by atoms with Gasteiger partial charge < -0.3 is 0 Å². The summed E-state index contributed by atoms with van der Waals surface area (Å²) in [5.41, 5.74) is 1.32. The minimum Gasteiger partial charge on any atom is -0.216 e. The summed E-state index contributed by atoms with van der Waals surface area (Å²) in [5, 5.41) is 0. The standard InChI is InChI=1S/C23H32F2/c24-17-1-2-18-3-5-19(6-4-18)7-8-20-9-11-21(12-10-20)22-13-15-23(25)16-14-22/h1,13-21H,2-12H2/b17-1+/t18-,19-,20-,21-. The zero-order valence-electron chi connectivity index (χ0n) is 15.3. The Labute approximate surface area is 151 Å². The van der Waals surface area contributed by atoms with Gasteiger partial charge in [0.25, 0.3) is 0 Å². The van der Waals surface area contributed by atoms with Crippen LogP contribution in [0, 0.1) is 23.6 Å². The quantitative estimate of drug-likeness (QED) is 0.498. The summed E-state index contributed by atoms with van der Waals surface area (Å²) in [4.78, 5) is 0. The third kappa shape index (κ3) is 5.66. The topological polar surface area (TPSA) is 0 Å². The maximum Gasteiger partial charge on any atom is 0.123 e. The monoisotopic (exact) mass is 346 g/mol. The highest BCUT2D eigenvalue weighted by atomic mass is 19.1. The summed E-state index contributed by atoms with van der Waals surface area (Å²) in [6.45, 7) is 0. The molecule has 2 saturated carbocycles. The fourth-order valence-electron chi connectivity index (χ4n) is 4.99. The average molecular weight is 347 g/mol. The third-order valence-electron chi connectivity index (χ3n) is 6.70. The lowest BCUT2D eigenvalue weighted by Crippen LogP contribution is -2.17. The first-order valence-electron chi connectivity index (χ1n) is 10.2. The fraction of sp³-hybridized carbons (Fsp3) is 0.652. The number of halogens is 2. The molecular formula is C23H32F2. The Morgan fingerprint density at radius 3 is 1.84 bits per heavy atom. The van der Waals surface area contributed by atoms with Crippen molar-refractivity contribution in [3.63, 3.8) is 0 Å². The van der Waals surface area contributed by atoms with E-state index < -0.39 is 0 Å². The van der Waals surface area contributed by atoms with Gasteiger partial charge in [0, 0.05) is 0 Å². The Bertz CT molecular complexity index is 518. The highest BCUT2D eigenvalue weighted by Crippen LogP contribution is 2.40. The normalized spacial score (nSPS) is 30.6. The highest BCUT2D eigenvalue weighted by Gasteiger charge is 2.25. The number of allylic oxidation sites excluding steroid dienone is 1. The van der Waals surface area contributed by atoms with Gasteiger partial charge in [-0.15, -0.1) is 0 Å². The van der Waals surface area contributed by atoms with Crippen LogP contribution in [-0.4, -0.2) is 0 Å². The van der Waals surface area contributed by atoms with Crippen molar-refractivity contribution in [1.82, 2.24) is 0 Å². The van der Waals surface area contributed by atoms with Crippen LogP contribution < -0.4 is 0 Å². The molecule has 2 fully saturated rings. The van der Waals surface area contributed by atoms with Crippen LogP contribution in [0.5, 0.6) is 0 Å². The van der Waals surface area contributed by atoms with Crippen molar-refractivity contribution in [2.24, 2.45) is 17.8 Å². The fourth-order valence-corrected chi connectivity index (χ4v) is 4.99. The van der Waals surface area contributed by atoms with Crippen LogP contribution in [0.25, 0.3) is 0 Å². The smallest absolute Gasteiger partial charge is 0.123 e. The number of benzene rings is 1. The SMILES string of the molecule is F/C=C/C[C@H]1CC[C@H](CC[C@H]2CC[C@H](c3ccc(F)cc3)CC2)CC1. The lowest BCUT2D eigenvalue weighted by molar-refractivity contribution is 0.231. The predicted molar refractivity (Wildman–Crippen MR) is 101 cm³/mol. The van der Waals surface area contributed by atoms with Crippen molar-refractivity contribution in [1.29, 1.82) is 0 Å². The molecule has 0 bridgehead atoms. The molecule has 0 heterocycles. The Hall–Kier alpha value is -1.18. The molecule has 2 heteroatoms. The first kappa shape index (κ1) is 18.6. The molecule has 3 rings (SSSR count). The van der Waals surface area contributed by atoms with Gasteiger partial charge in [0.1, 0.15) is 5.82 Å². The molecule has 0 N–H and O–H groups in total. The molecule has 138 valence electrons. The minimum absolute atomic E-state index is 0.132. The lowest BCUT2D eigenvalue weighted by Gasteiger charge is -2.32. The van der Waals surface area contributed by atoms with Crippen molar-refractivity contribution in [3.05, 3.63) is 48.1 Å². The molecule has 0 radical (unpaired) electrons. The number of rotatable bonds is 6. The zero-order valence-corrected chi connectivity index (χ0v) is 15.3. The molecule has 0 amide bonds. The maximum absolute atomic E-state index is 13.1. The summed E-state index contributed by atoms with van der Waals surface area (Å²) in [5.74, 6) is 3.02. The molecule has 0 nitrogen and oxygen atoms in total. The Balaban J connectivity index is 1.34. The number of hydrogen-bond donors (Lipinski definition) is 0. The van der Waals surface area contributed by atoms with Crippen LogP contribution in [0.3, 0.4) is 0 Å². The van der Waals surface area contributed by atoms with Crippen LogP contribution in [0.15, 0.2) is 36.7 Å². The van der Waals surface area contributed by atoms with Crippen LogP contribution in [0.1, 0.15) is 82.1 Å². The molecule has 0 saturated heterocycles. The van der Waals surface area contributed by atoms with E-state index in [0.29, 0.717) is 12.2 Å². The van der Waals surface area contributed by atoms with Gasteiger partial charge in [-0.1, -0.05) is 43.9 Å². The van der Waals surface area contributed by atoms with Crippen molar-refractivity contribution in [2.75, 3.05) is 0 Å². The molecule has 0 atom stereocenters. The first-order valence-corrected chi connectivity index (χ1v) is 10.2. The average Bonchev–Trinajstić information content (AvgIpc) is 2.67. The van der Waals surface area contributed by atoms with E-state index in [-0.39, 0.29) is 5.82 Å². The third-order valence-corrected chi connectivity index (χ3v) is 6.70. The summed E-state index contributed by atoms with van der Waals surface area (Å²) >= 11 is 0. The summed E-state index contributed by atoms with van der Waals surface area (Å²) in [7, 11) is 0. The van der Waals surface area contributed by atoms with Gasteiger partial charge in [0.15, 0.2) is 0 Å². The molecule has 25 heavy (non-hydrogen) atoms. The molecule has 0 aliphatic heterocycles. The van der Waals surface area contributed by atoms with Gasteiger partial charge in [-0.2, -0.15) is 0 Å². The van der Waals surface area contributed by atoms with Crippen LogP contribution in [0.2, 0.25) is 0 Å². The van der Waals surface area contributed by atoms with Crippen molar-refractivity contribution in [3.8, 4) is 0 Å². The van der Waals surface area contributed by atoms with Gasteiger partial charge in [-0.05, 0) is 86.3 Å². The molecule has 0 spiro atoms. The van der Waals surface area contributed by atoms with Gasteiger partial charge in [0.2, 0.25) is 0 Å². The van der Waals surface area contributed by atoms with Crippen molar-refractivity contribution < 1.29 is 8.78 Å². The van der Waals surface area contributed by atoms with E-state index in [0.717, 1.165) is 24.2 Å². The van der Waals surface area contributed by atoms with E-state index in [2.05, 4.69) is 0 Å². The van der Waals surface area contributed by atoms with Crippen LogP contribution in [-0.2, 0) is 0 Å². The van der Waals surface area contributed by atoms with Gasteiger partial charge >= 0.3 is 0 Å². The highest BCUT2D eigenvalue weighted by molar-refractivity contribution is 5.20. The second-order valence-electron chi connectivity index (χ2n) is 8.33. The van der Waals surface area contributed by atoms with Gasteiger partial charge in [-0.25, -0.2) is 8.78 Å². The van der Waals surface area contributed by atoms with E-state index in [1.807, 2.05) is 12.1 Å². The molecule has 1 aromatic rings. The Morgan fingerprint density at radius 1 is 0.760 bits per heavy atom. The van der Waals surface area contributed by atoms with Crippen molar-refractivity contribution in [2.45, 2.75) is 76.5 Å². The molecular weight excluding hydrogens is 314 g/mol. The lowest BCUT2D eigenvalue weighted by atomic mass is 9.74. The summed E-state index contributed by atoms with van der Waals surface area (Å²) < 4.78 is 25.2. The summed E-state index contributed by atoms with van der Waals surface area (Å²) in [6.07, 6.45) is 16.5. The molecule has 0 unspecified atom stereocenters. The molecule has 2 aliphatic rings. The summed E-state index contributed by atoms with van der Waals surface area (Å²) in [6, 6.07) is 7.13. The Morgan fingerprint density at radius 2 is 1.28 bits per heavy atom. The second-order valence-corrected chi connectivity index (χ2v) is 8.33. The molecule has 0 aromatic heterocycles. The zero-order chi connectivity index (χ0) is 17.5. The maximum atomic E-state index is 13.1. The van der Waals surface area contributed by atoms with E-state index in [1.54, 1.807) is 18.2 Å². The Kier molecular flexibility index (Phi) is 7.07. The van der Waals surface area contributed by atoms with Crippen molar-refractivity contribution >= 4 is 0 Å².